The lowest BCUT2D eigenvalue weighted by atomic mass is 10.1. The van der Waals surface area contributed by atoms with E-state index in [0.29, 0.717) is 17.7 Å². The molecule has 0 spiro atoms. The predicted molar refractivity (Wildman–Crippen MR) is 82.5 cm³/mol. The van der Waals surface area contributed by atoms with Crippen LogP contribution >= 0.6 is 0 Å². The number of nitrogens with zero attached hydrogens (tertiary/aromatic N) is 2. The Morgan fingerprint density at radius 1 is 1.05 bits per heavy atom. The van der Waals surface area contributed by atoms with E-state index in [9.17, 15) is 9.59 Å². The molecule has 0 atom stereocenters. The summed E-state index contributed by atoms with van der Waals surface area (Å²) in [6.45, 7) is 6.01. The van der Waals surface area contributed by atoms with Crippen LogP contribution in [-0.2, 0) is 0 Å². The van der Waals surface area contributed by atoms with E-state index in [4.69, 9.17) is 0 Å². The van der Waals surface area contributed by atoms with Crippen LogP contribution < -0.4 is 5.32 Å². The number of benzene rings is 1. The topological polar surface area (TPSA) is 52.7 Å². The monoisotopic (exact) mass is 289 g/mol. The van der Waals surface area contributed by atoms with Crippen LogP contribution in [0.1, 0.15) is 34.1 Å². The second-order valence-corrected chi connectivity index (χ2v) is 5.43. The van der Waals surface area contributed by atoms with E-state index in [1.54, 1.807) is 24.3 Å². The summed E-state index contributed by atoms with van der Waals surface area (Å²) in [7, 11) is 2.06. The van der Waals surface area contributed by atoms with Gasteiger partial charge < -0.3 is 15.1 Å². The summed E-state index contributed by atoms with van der Waals surface area (Å²) in [6.07, 6.45) is 0.908. The third kappa shape index (κ3) is 4.04. The molecule has 21 heavy (non-hydrogen) atoms. The summed E-state index contributed by atoms with van der Waals surface area (Å²) >= 11 is 0. The number of amides is 2. The van der Waals surface area contributed by atoms with Gasteiger partial charge in [0.1, 0.15) is 0 Å². The quantitative estimate of drug-likeness (QED) is 0.906. The lowest BCUT2D eigenvalue weighted by molar-refractivity contribution is 0.0663. The molecule has 1 aliphatic heterocycles. The molecule has 0 bridgehead atoms. The molecular formula is C16H23N3O2. The van der Waals surface area contributed by atoms with Gasteiger partial charge in [0.15, 0.2) is 0 Å². The number of hydrogen-bond donors (Lipinski definition) is 1. The van der Waals surface area contributed by atoms with Crippen LogP contribution in [0, 0.1) is 0 Å². The van der Waals surface area contributed by atoms with E-state index in [-0.39, 0.29) is 11.8 Å². The zero-order valence-electron chi connectivity index (χ0n) is 12.8. The molecule has 1 heterocycles. The molecule has 1 saturated heterocycles. The van der Waals surface area contributed by atoms with Crippen LogP contribution in [0.5, 0.6) is 0 Å². The van der Waals surface area contributed by atoms with E-state index in [2.05, 4.69) is 17.3 Å². The molecule has 1 N–H and O–H groups in total. The van der Waals surface area contributed by atoms with Gasteiger partial charge in [-0.15, -0.1) is 0 Å². The second kappa shape index (κ2) is 7.22. The van der Waals surface area contributed by atoms with Crippen LogP contribution in [-0.4, -0.2) is 61.4 Å². The maximum atomic E-state index is 12.4. The molecule has 1 fully saturated rings. The standard InChI is InChI=1S/C16H23N3O2/c1-3-8-17-15(20)13-4-6-14(7-5-13)16(21)19-11-9-18(2)10-12-19/h4-7H,3,8-12H2,1-2H3,(H,17,20). The molecule has 114 valence electrons. The number of hydrogen-bond acceptors (Lipinski definition) is 3. The van der Waals surface area contributed by atoms with Crippen molar-refractivity contribution in [1.29, 1.82) is 0 Å². The maximum absolute atomic E-state index is 12.4. The van der Waals surface area contributed by atoms with E-state index in [0.717, 1.165) is 32.6 Å². The van der Waals surface area contributed by atoms with E-state index >= 15 is 0 Å². The van der Waals surface area contributed by atoms with Crippen molar-refractivity contribution in [1.82, 2.24) is 15.1 Å². The van der Waals surface area contributed by atoms with Crippen molar-refractivity contribution in [3.8, 4) is 0 Å². The Morgan fingerprint density at radius 3 is 2.19 bits per heavy atom. The second-order valence-electron chi connectivity index (χ2n) is 5.43. The van der Waals surface area contributed by atoms with E-state index < -0.39 is 0 Å². The highest BCUT2D eigenvalue weighted by molar-refractivity contribution is 5.97. The summed E-state index contributed by atoms with van der Waals surface area (Å²) in [5, 5.41) is 2.83. The Kier molecular flexibility index (Phi) is 5.33. The first-order valence-electron chi connectivity index (χ1n) is 7.48. The smallest absolute Gasteiger partial charge is 0.253 e. The summed E-state index contributed by atoms with van der Waals surface area (Å²) < 4.78 is 0. The molecule has 1 aromatic carbocycles. The molecule has 2 amide bonds. The van der Waals surface area contributed by atoms with E-state index in [1.807, 2.05) is 11.8 Å². The van der Waals surface area contributed by atoms with Crippen LogP contribution in [0.25, 0.3) is 0 Å². The number of nitrogens with one attached hydrogen (secondary N) is 1. The highest BCUT2D eigenvalue weighted by Gasteiger charge is 2.20. The summed E-state index contributed by atoms with van der Waals surface area (Å²) in [5.74, 6) is -0.0425. The third-order valence-electron chi connectivity index (χ3n) is 3.72. The zero-order chi connectivity index (χ0) is 15.2. The largest absolute Gasteiger partial charge is 0.352 e. The van der Waals surface area contributed by atoms with Gasteiger partial charge in [0.25, 0.3) is 11.8 Å². The van der Waals surface area contributed by atoms with Crippen molar-refractivity contribution in [3.63, 3.8) is 0 Å². The van der Waals surface area contributed by atoms with Gasteiger partial charge in [-0.25, -0.2) is 0 Å². The van der Waals surface area contributed by atoms with Gasteiger partial charge in [-0.1, -0.05) is 6.92 Å². The molecule has 0 saturated carbocycles. The van der Waals surface area contributed by atoms with Crippen LogP contribution in [0.4, 0.5) is 0 Å². The van der Waals surface area contributed by atoms with Crippen molar-refractivity contribution >= 4 is 11.8 Å². The summed E-state index contributed by atoms with van der Waals surface area (Å²) in [5.41, 5.74) is 1.24. The molecule has 5 heteroatoms. The Hall–Kier alpha value is -1.88. The lowest BCUT2D eigenvalue weighted by Gasteiger charge is -2.32. The van der Waals surface area contributed by atoms with Gasteiger partial charge in [-0.05, 0) is 37.7 Å². The average molecular weight is 289 g/mol. The highest BCUT2D eigenvalue weighted by atomic mass is 16.2. The number of piperazine rings is 1. The fraction of sp³-hybridized carbons (Fsp3) is 0.500. The molecule has 0 aliphatic carbocycles. The fourth-order valence-corrected chi connectivity index (χ4v) is 2.30. The minimum Gasteiger partial charge on any atom is -0.352 e. The number of carbonyl (C=O) groups excluding carboxylic acids is 2. The minimum atomic E-state index is -0.0875. The molecule has 0 aromatic heterocycles. The first-order valence-corrected chi connectivity index (χ1v) is 7.48. The van der Waals surface area contributed by atoms with Crippen LogP contribution in [0.2, 0.25) is 0 Å². The van der Waals surface area contributed by atoms with Gasteiger partial charge in [-0.3, -0.25) is 9.59 Å². The Balaban J connectivity index is 1.98. The predicted octanol–water partition coefficient (Wildman–Crippen LogP) is 1.21. The molecule has 0 radical (unpaired) electrons. The van der Waals surface area contributed by atoms with Crippen molar-refractivity contribution in [2.75, 3.05) is 39.8 Å². The van der Waals surface area contributed by atoms with Crippen LogP contribution in [0.3, 0.4) is 0 Å². The third-order valence-corrected chi connectivity index (χ3v) is 3.72. The van der Waals surface area contributed by atoms with Crippen molar-refractivity contribution in [3.05, 3.63) is 35.4 Å². The van der Waals surface area contributed by atoms with Gasteiger partial charge in [0.2, 0.25) is 0 Å². The van der Waals surface area contributed by atoms with Crippen molar-refractivity contribution in [2.24, 2.45) is 0 Å². The summed E-state index contributed by atoms with van der Waals surface area (Å²) in [6, 6.07) is 6.91. The Labute approximate surface area is 125 Å². The number of likely N-dealkylation sites (N-methyl/N-ethyl adjacent to an activating group) is 1. The number of rotatable bonds is 4. The number of carbonyl (C=O) groups is 2. The molecule has 5 nitrogen and oxygen atoms in total. The van der Waals surface area contributed by atoms with Crippen molar-refractivity contribution < 1.29 is 9.59 Å². The Bertz CT molecular complexity index is 491. The van der Waals surface area contributed by atoms with Crippen molar-refractivity contribution in [2.45, 2.75) is 13.3 Å². The SMILES string of the molecule is CCCNC(=O)c1ccc(C(=O)N2CCN(C)CC2)cc1. The molecule has 1 aromatic rings. The lowest BCUT2D eigenvalue weighted by Crippen LogP contribution is -2.47. The van der Waals surface area contributed by atoms with Crippen LogP contribution in [0.15, 0.2) is 24.3 Å². The molecule has 2 rings (SSSR count). The normalized spacial score (nSPS) is 15.8. The average Bonchev–Trinajstić information content (AvgIpc) is 2.53. The summed E-state index contributed by atoms with van der Waals surface area (Å²) in [4.78, 5) is 28.3. The van der Waals surface area contributed by atoms with Gasteiger partial charge in [-0.2, -0.15) is 0 Å². The zero-order valence-corrected chi connectivity index (χ0v) is 12.8. The molecular weight excluding hydrogens is 266 g/mol. The first-order chi connectivity index (χ1) is 10.1. The van der Waals surface area contributed by atoms with Gasteiger partial charge in [0, 0.05) is 43.9 Å². The Morgan fingerprint density at radius 2 is 1.62 bits per heavy atom. The van der Waals surface area contributed by atoms with Gasteiger partial charge in [0.05, 0.1) is 0 Å². The first kappa shape index (κ1) is 15.5. The van der Waals surface area contributed by atoms with E-state index in [1.165, 1.54) is 0 Å². The highest BCUT2D eigenvalue weighted by Crippen LogP contribution is 2.10. The fourth-order valence-electron chi connectivity index (χ4n) is 2.30. The maximum Gasteiger partial charge on any atom is 0.253 e. The molecule has 1 aliphatic rings. The minimum absolute atomic E-state index is 0.0450. The molecule has 0 unspecified atom stereocenters. The van der Waals surface area contributed by atoms with Gasteiger partial charge >= 0.3 is 0 Å².